The third-order valence-corrected chi connectivity index (χ3v) is 4.43. The second-order valence-corrected chi connectivity index (χ2v) is 6.07. The molecule has 0 atom stereocenters. The fourth-order valence-corrected chi connectivity index (χ4v) is 3.25. The van der Waals surface area contributed by atoms with Crippen molar-refractivity contribution in [2.75, 3.05) is 5.32 Å². The van der Waals surface area contributed by atoms with Crippen molar-refractivity contribution in [3.8, 4) is 0 Å². The second-order valence-electron chi connectivity index (χ2n) is 6.07. The Morgan fingerprint density at radius 3 is 2.29 bits per heavy atom. The number of amides is 2. The molecule has 0 radical (unpaired) electrons. The Labute approximate surface area is 136 Å². The first-order valence-corrected chi connectivity index (χ1v) is 7.86. The van der Waals surface area contributed by atoms with Crippen molar-refractivity contribution in [2.45, 2.75) is 56.8 Å². The summed E-state index contributed by atoms with van der Waals surface area (Å²) >= 11 is 0. The predicted octanol–water partition coefficient (Wildman–Crippen LogP) is 2.37. The molecule has 1 aliphatic heterocycles. The lowest BCUT2D eigenvalue weighted by molar-refractivity contribution is -0.142. The molecule has 1 aromatic rings. The highest BCUT2D eigenvalue weighted by molar-refractivity contribution is 6.02. The molecule has 6 nitrogen and oxygen atoms in total. The summed E-state index contributed by atoms with van der Waals surface area (Å²) in [6.07, 6.45) is -0.339. The van der Waals surface area contributed by atoms with E-state index in [0.717, 1.165) is 12.3 Å². The Kier molecular flexibility index (Phi) is 4.42. The van der Waals surface area contributed by atoms with Crippen LogP contribution in [0.15, 0.2) is 12.3 Å². The van der Waals surface area contributed by atoms with Gasteiger partial charge in [-0.05, 0) is 31.7 Å². The minimum atomic E-state index is -4.51. The van der Waals surface area contributed by atoms with E-state index in [9.17, 15) is 22.8 Å². The van der Waals surface area contributed by atoms with Crippen molar-refractivity contribution in [1.29, 1.82) is 0 Å². The van der Waals surface area contributed by atoms with Gasteiger partial charge in [-0.25, -0.2) is 9.97 Å². The molecule has 0 aromatic carbocycles. The average molecular weight is 342 g/mol. The number of nitrogens with one attached hydrogen (secondary N) is 1. The summed E-state index contributed by atoms with van der Waals surface area (Å²) in [4.78, 5) is 32.2. The summed E-state index contributed by atoms with van der Waals surface area (Å²) in [5.74, 6) is -0.308. The number of hydrogen-bond acceptors (Lipinski definition) is 5. The summed E-state index contributed by atoms with van der Waals surface area (Å²) < 4.78 is 38.0. The summed E-state index contributed by atoms with van der Waals surface area (Å²) in [5.41, 5.74) is -0.984. The molecular formula is C15H17F3N4O2. The number of rotatable bonds is 3. The number of imide groups is 1. The molecule has 2 amide bonds. The van der Waals surface area contributed by atoms with Gasteiger partial charge >= 0.3 is 6.18 Å². The van der Waals surface area contributed by atoms with E-state index in [4.69, 9.17) is 0 Å². The first-order valence-electron chi connectivity index (χ1n) is 7.86. The second kappa shape index (κ2) is 6.37. The number of hydrogen-bond donors (Lipinski definition) is 1. The molecule has 130 valence electrons. The summed E-state index contributed by atoms with van der Waals surface area (Å²) in [6.45, 7) is 0. The highest BCUT2D eigenvalue weighted by Crippen LogP contribution is 2.30. The van der Waals surface area contributed by atoms with Crippen LogP contribution in [-0.2, 0) is 15.8 Å². The van der Waals surface area contributed by atoms with Gasteiger partial charge in [-0.1, -0.05) is 0 Å². The molecule has 0 spiro atoms. The Morgan fingerprint density at radius 2 is 1.71 bits per heavy atom. The van der Waals surface area contributed by atoms with E-state index in [1.54, 1.807) is 0 Å². The quantitative estimate of drug-likeness (QED) is 0.854. The van der Waals surface area contributed by atoms with Gasteiger partial charge in [-0.15, -0.1) is 0 Å². The third kappa shape index (κ3) is 3.49. The first kappa shape index (κ1) is 16.7. The highest BCUT2D eigenvalue weighted by atomic mass is 19.4. The molecular weight excluding hydrogens is 325 g/mol. The smallest absolute Gasteiger partial charge is 0.351 e. The zero-order chi connectivity index (χ0) is 17.3. The molecule has 1 aromatic heterocycles. The fraction of sp³-hybridized carbons (Fsp3) is 0.600. The van der Waals surface area contributed by atoms with E-state index in [0.29, 0.717) is 25.7 Å². The van der Waals surface area contributed by atoms with E-state index in [1.165, 1.54) is 4.90 Å². The van der Waals surface area contributed by atoms with Crippen LogP contribution >= 0.6 is 0 Å². The number of anilines is 1. The molecule has 1 saturated carbocycles. The molecule has 24 heavy (non-hydrogen) atoms. The van der Waals surface area contributed by atoms with Gasteiger partial charge in [0.2, 0.25) is 17.8 Å². The maximum atomic E-state index is 12.7. The third-order valence-electron chi connectivity index (χ3n) is 4.43. The van der Waals surface area contributed by atoms with Gasteiger partial charge in [0.1, 0.15) is 5.69 Å². The number of likely N-dealkylation sites (tertiary alicyclic amines) is 1. The summed E-state index contributed by atoms with van der Waals surface area (Å²) in [6, 6.07) is 0.651. The molecule has 2 heterocycles. The molecule has 1 aliphatic carbocycles. The lowest BCUT2D eigenvalue weighted by Gasteiger charge is -2.33. The van der Waals surface area contributed by atoms with Gasteiger partial charge in [-0.2, -0.15) is 13.2 Å². The molecule has 0 bridgehead atoms. The zero-order valence-corrected chi connectivity index (χ0v) is 12.8. The fourth-order valence-electron chi connectivity index (χ4n) is 3.25. The van der Waals surface area contributed by atoms with Crippen molar-refractivity contribution in [3.05, 3.63) is 18.0 Å². The van der Waals surface area contributed by atoms with Gasteiger partial charge in [0.05, 0.1) is 0 Å². The summed E-state index contributed by atoms with van der Waals surface area (Å²) in [7, 11) is 0. The average Bonchev–Trinajstić information content (AvgIpc) is 2.87. The van der Waals surface area contributed by atoms with E-state index < -0.39 is 11.9 Å². The highest BCUT2D eigenvalue weighted by Gasteiger charge is 2.37. The lowest BCUT2D eigenvalue weighted by Crippen LogP contribution is -2.43. The van der Waals surface area contributed by atoms with Crippen molar-refractivity contribution >= 4 is 17.8 Å². The summed E-state index contributed by atoms with van der Waals surface area (Å²) in [5, 5.41) is 2.92. The van der Waals surface area contributed by atoms with Crippen molar-refractivity contribution in [1.82, 2.24) is 14.9 Å². The standard InChI is InChI=1S/C15H17F3N4O2/c16-15(17,18)11-7-8-19-14(21-11)20-9-1-3-10(4-2-9)22-12(23)5-6-13(22)24/h7-10H,1-6H2,(H,19,20,21). The molecule has 0 unspecified atom stereocenters. The van der Waals surface area contributed by atoms with Gasteiger partial charge in [-0.3, -0.25) is 14.5 Å². The lowest BCUT2D eigenvalue weighted by atomic mass is 9.90. The Hall–Kier alpha value is -2.19. The van der Waals surface area contributed by atoms with E-state index in [1.807, 2.05) is 0 Å². The number of aromatic nitrogens is 2. The molecule has 1 N–H and O–H groups in total. The Balaban J connectivity index is 1.58. The minimum absolute atomic E-state index is 0.0541. The Bertz CT molecular complexity index is 626. The first-order chi connectivity index (χ1) is 11.3. The maximum absolute atomic E-state index is 12.7. The minimum Gasteiger partial charge on any atom is -0.351 e. The molecule has 1 saturated heterocycles. The molecule has 9 heteroatoms. The van der Waals surface area contributed by atoms with Gasteiger partial charge in [0, 0.05) is 31.1 Å². The largest absolute Gasteiger partial charge is 0.433 e. The van der Waals surface area contributed by atoms with Crippen LogP contribution in [0.1, 0.15) is 44.2 Å². The van der Waals surface area contributed by atoms with Crippen LogP contribution in [0.3, 0.4) is 0 Å². The molecule has 3 rings (SSSR count). The van der Waals surface area contributed by atoms with Crippen LogP contribution < -0.4 is 5.32 Å². The molecule has 2 aliphatic rings. The van der Waals surface area contributed by atoms with E-state index in [-0.39, 0.29) is 42.7 Å². The number of nitrogens with zero attached hydrogens (tertiary/aromatic N) is 3. The van der Waals surface area contributed by atoms with Gasteiger partial charge < -0.3 is 5.32 Å². The zero-order valence-electron chi connectivity index (χ0n) is 12.8. The Morgan fingerprint density at radius 1 is 1.08 bits per heavy atom. The van der Waals surface area contributed by atoms with Crippen LogP contribution in [0.5, 0.6) is 0 Å². The van der Waals surface area contributed by atoms with Crippen molar-refractivity contribution in [3.63, 3.8) is 0 Å². The van der Waals surface area contributed by atoms with Gasteiger partial charge in [0.25, 0.3) is 0 Å². The number of alkyl halides is 3. The monoisotopic (exact) mass is 342 g/mol. The predicted molar refractivity (Wildman–Crippen MR) is 77.8 cm³/mol. The topological polar surface area (TPSA) is 75.2 Å². The van der Waals surface area contributed by atoms with Crippen LogP contribution in [0.4, 0.5) is 19.1 Å². The van der Waals surface area contributed by atoms with E-state index in [2.05, 4.69) is 15.3 Å². The van der Waals surface area contributed by atoms with E-state index >= 15 is 0 Å². The number of carbonyl (C=O) groups excluding carboxylic acids is 2. The van der Waals surface area contributed by atoms with Crippen LogP contribution in [0, 0.1) is 0 Å². The van der Waals surface area contributed by atoms with Crippen molar-refractivity contribution in [2.24, 2.45) is 0 Å². The SMILES string of the molecule is O=C1CCC(=O)N1C1CCC(Nc2nccc(C(F)(F)F)n2)CC1. The van der Waals surface area contributed by atoms with Crippen LogP contribution in [0.25, 0.3) is 0 Å². The van der Waals surface area contributed by atoms with Crippen LogP contribution in [0.2, 0.25) is 0 Å². The normalized spacial score (nSPS) is 25.2. The van der Waals surface area contributed by atoms with Crippen LogP contribution in [-0.4, -0.2) is 38.8 Å². The molecule has 2 fully saturated rings. The maximum Gasteiger partial charge on any atom is 0.433 e. The van der Waals surface area contributed by atoms with Crippen molar-refractivity contribution < 1.29 is 22.8 Å². The van der Waals surface area contributed by atoms with Gasteiger partial charge in [0.15, 0.2) is 0 Å². The number of carbonyl (C=O) groups is 2. The number of halogens is 3.